The van der Waals surface area contributed by atoms with Crippen molar-refractivity contribution in [1.82, 2.24) is 15.5 Å². The van der Waals surface area contributed by atoms with E-state index in [1.54, 1.807) is 31.4 Å². The zero-order chi connectivity index (χ0) is 20.1. The van der Waals surface area contributed by atoms with Crippen molar-refractivity contribution in [2.45, 2.75) is 19.4 Å². The van der Waals surface area contributed by atoms with E-state index in [0.717, 1.165) is 28.9 Å². The average Bonchev–Trinajstić information content (AvgIpc) is 3.17. The Kier molecular flexibility index (Phi) is 6.73. The number of nitrogens with one attached hydrogen (secondary N) is 2. The molecule has 146 valence electrons. The summed E-state index contributed by atoms with van der Waals surface area (Å²) in [6, 6.07) is 14.5. The first-order valence-electron chi connectivity index (χ1n) is 8.93. The van der Waals surface area contributed by atoms with E-state index in [-0.39, 0.29) is 11.9 Å². The molecular weight excluding hydrogens is 397 g/mol. The summed E-state index contributed by atoms with van der Waals surface area (Å²) in [5.41, 5.74) is 3.87. The van der Waals surface area contributed by atoms with E-state index in [1.165, 1.54) is 0 Å². The van der Waals surface area contributed by atoms with E-state index in [9.17, 15) is 4.79 Å². The van der Waals surface area contributed by atoms with Crippen LogP contribution in [0.2, 0.25) is 10.0 Å². The molecule has 3 aromatic rings. The Morgan fingerprint density at radius 1 is 1.18 bits per heavy atom. The number of benzene rings is 2. The van der Waals surface area contributed by atoms with Crippen molar-refractivity contribution in [1.29, 1.82) is 0 Å². The van der Waals surface area contributed by atoms with Crippen LogP contribution in [0.3, 0.4) is 0 Å². The number of aromatic nitrogens is 2. The van der Waals surface area contributed by atoms with Gasteiger partial charge in [0.25, 0.3) is 5.91 Å². The zero-order valence-electron chi connectivity index (χ0n) is 15.6. The van der Waals surface area contributed by atoms with Gasteiger partial charge in [-0.1, -0.05) is 42.3 Å². The highest BCUT2D eigenvalue weighted by atomic mass is 35.5. The lowest BCUT2D eigenvalue weighted by atomic mass is 10.1. The fraction of sp³-hybridized carbons (Fsp3) is 0.238. The van der Waals surface area contributed by atoms with Gasteiger partial charge in [-0.05, 0) is 42.8 Å². The molecule has 0 aliphatic carbocycles. The molecule has 1 aromatic heterocycles. The Hall–Kier alpha value is -2.34. The van der Waals surface area contributed by atoms with Gasteiger partial charge < -0.3 is 10.1 Å². The highest BCUT2D eigenvalue weighted by molar-refractivity contribution is 6.36. The lowest BCUT2D eigenvalue weighted by Gasteiger charge is -2.15. The van der Waals surface area contributed by atoms with Crippen molar-refractivity contribution >= 4 is 29.1 Å². The van der Waals surface area contributed by atoms with Gasteiger partial charge in [0.2, 0.25) is 0 Å². The van der Waals surface area contributed by atoms with Crippen LogP contribution in [0.1, 0.15) is 23.7 Å². The molecule has 0 spiro atoms. The largest absolute Gasteiger partial charge is 0.383 e. The summed E-state index contributed by atoms with van der Waals surface area (Å²) in [4.78, 5) is 12.4. The number of hydrogen-bond acceptors (Lipinski definition) is 3. The van der Waals surface area contributed by atoms with Gasteiger partial charge in [-0.2, -0.15) is 5.10 Å². The predicted molar refractivity (Wildman–Crippen MR) is 113 cm³/mol. The normalized spacial score (nSPS) is 12.0. The van der Waals surface area contributed by atoms with E-state index in [0.29, 0.717) is 22.2 Å². The number of H-pyrrole nitrogens is 1. The minimum absolute atomic E-state index is 0.00444. The number of amides is 1. The third kappa shape index (κ3) is 4.73. The summed E-state index contributed by atoms with van der Waals surface area (Å²) in [6.45, 7) is 2.50. The van der Waals surface area contributed by atoms with Crippen molar-refractivity contribution in [3.63, 3.8) is 0 Å². The van der Waals surface area contributed by atoms with Crippen molar-refractivity contribution in [3.05, 3.63) is 64.1 Å². The molecule has 0 bridgehead atoms. The molecule has 1 atom stereocenters. The van der Waals surface area contributed by atoms with Crippen molar-refractivity contribution < 1.29 is 9.53 Å². The van der Waals surface area contributed by atoms with Crippen molar-refractivity contribution in [3.8, 4) is 22.5 Å². The van der Waals surface area contributed by atoms with Crippen molar-refractivity contribution in [2.24, 2.45) is 0 Å². The van der Waals surface area contributed by atoms with Crippen LogP contribution in [0, 0.1) is 0 Å². The van der Waals surface area contributed by atoms with E-state index in [4.69, 9.17) is 27.9 Å². The van der Waals surface area contributed by atoms with Crippen LogP contribution in [-0.2, 0) is 4.74 Å². The first-order chi connectivity index (χ1) is 13.5. The molecule has 5 nitrogen and oxygen atoms in total. The van der Waals surface area contributed by atoms with E-state index in [1.807, 2.05) is 31.2 Å². The fourth-order valence-corrected chi connectivity index (χ4v) is 3.35. The van der Waals surface area contributed by atoms with Crippen LogP contribution in [0.4, 0.5) is 0 Å². The molecule has 0 saturated heterocycles. The van der Waals surface area contributed by atoms with Gasteiger partial charge in [0.1, 0.15) is 0 Å². The van der Waals surface area contributed by atoms with Gasteiger partial charge in [0.05, 0.1) is 29.1 Å². The van der Waals surface area contributed by atoms with Crippen LogP contribution in [0.15, 0.2) is 48.5 Å². The smallest absolute Gasteiger partial charge is 0.251 e. The minimum Gasteiger partial charge on any atom is -0.383 e. The van der Waals surface area contributed by atoms with Gasteiger partial charge >= 0.3 is 0 Å². The van der Waals surface area contributed by atoms with E-state index in [2.05, 4.69) is 15.5 Å². The molecule has 0 fully saturated rings. The molecule has 7 heteroatoms. The quantitative estimate of drug-likeness (QED) is 0.554. The SMILES string of the molecule is CC[C@@H](COC)NC(=O)c1ccc(-c2cc(-c3ccc(Cl)cc3Cl)[nH]n2)cc1. The Bertz CT molecular complexity index is 955. The average molecular weight is 418 g/mol. The fourth-order valence-electron chi connectivity index (χ4n) is 2.84. The molecule has 3 rings (SSSR count). The molecule has 1 heterocycles. The first-order valence-corrected chi connectivity index (χ1v) is 9.68. The summed E-state index contributed by atoms with van der Waals surface area (Å²) in [5, 5.41) is 11.5. The first kappa shape index (κ1) is 20.4. The summed E-state index contributed by atoms with van der Waals surface area (Å²) < 4.78 is 5.12. The molecule has 2 aromatic carbocycles. The molecule has 0 aliphatic heterocycles. The molecule has 28 heavy (non-hydrogen) atoms. The molecular formula is C21H21Cl2N3O2. The van der Waals surface area contributed by atoms with Crippen LogP contribution in [0.5, 0.6) is 0 Å². The third-order valence-corrected chi connectivity index (χ3v) is 4.99. The van der Waals surface area contributed by atoms with Crippen LogP contribution >= 0.6 is 23.2 Å². The molecule has 0 radical (unpaired) electrons. The number of aromatic amines is 1. The summed E-state index contributed by atoms with van der Waals surface area (Å²) >= 11 is 12.2. The van der Waals surface area contributed by atoms with E-state index < -0.39 is 0 Å². The van der Waals surface area contributed by atoms with Gasteiger partial charge in [0.15, 0.2) is 0 Å². The maximum absolute atomic E-state index is 12.4. The maximum Gasteiger partial charge on any atom is 0.251 e. The molecule has 0 aliphatic rings. The lowest BCUT2D eigenvalue weighted by molar-refractivity contribution is 0.0894. The molecule has 0 unspecified atom stereocenters. The van der Waals surface area contributed by atoms with Crippen LogP contribution < -0.4 is 5.32 Å². The number of carbonyl (C=O) groups is 1. The monoisotopic (exact) mass is 417 g/mol. The van der Waals surface area contributed by atoms with Crippen LogP contribution in [0.25, 0.3) is 22.5 Å². The Morgan fingerprint density at radius 2 is 1.93 bits per heavy atom. The number of nitrogens with zero attached hydrogens (tertiary/aromatic N) is 1. The standard InChI is InChI=1S/C21H21Cl2N3O2/c1-3-16(12-28-2)24-21(27)14-6-4-13(5-7-14)19-11-20(26-25-19)17-9-8-15(22)10-18(17)23/h4-11,16H,3,12H2,1-2H3,(H,24,27)(H,25,26)/t16-/m0/s1. The highest BCUT2D eigenvalue weighted by Crippen LogP contribution is 2.31. The Balaban J connectivity index is 1.75. The highest BCUT2D eigenvalue weighted by Gasteiger charge is 2.13. The summed E-state index contributed by atoms with van der Waals surface area (Å²) in [5.74, 6) is -0.119. The van der Waals surface area contributed by atoms with E-state index >= 15 is 0 Å². The molecule has 0 saturated carbocycles. The number of ether oxygens (including phenoxy) is 1. The second kappa shape index (κ2) is 9.24. The van der Waals surface area contributed by atoms with Gasteiger partial charge in [-0.3, -0.25) is 9.89 Å². The minimum atomic E-state index is -0.119. The number of carbonyl (C=O) groups excluding carboxylic acids is 1. The maximum atomic E-state index is 12.4. The van der Waals surface area contributed by atoms with Crippen molar-refractivity contribution in [2.75, 3.05) is 13.7 Å². The number of methoxy groups -OCH3 is 1. The zero-order valence-corrected chi connectivity index (χ0v) is 17.1. The Morgan fingerprint density at radius 3 is 2.57 bits per heavy atom. The number of hydrogen-bond donors (Lipinski definition) is 2. The topological polar surface area (TPSA) is 67.0 Å². The molecule has 1 amide bonds. The van der Waals surface area contributed by atoms with Gasteiger partial charge in [-0.25, -0.2) is 0 Å². The number of rotatable bonds is 7. The van der Waals surface area contributed by atoms with Crippen LogP contribution in [-0.4, -0.2) is 35.9 Å². The molecule has 2 N–H and O–H groups in total. The third-order valence-electron chi connectivity index (χ3n) is 4.44. The second-order valence-electron chi connectivity index (χ2n) is 6.40. The van der Waals surface area contributed by atoms with Gasteiger partial charge in [0, 0.05) is 28.8 Å². The second-order valence-corrected chi connectivity index (χ2v) is 7.25. The predicted octanol–water partition coefficient (Wildman–Crippen LogP) is 5.21. The number of halogens is 2. The summed E-state index contributed by atoms with van der Waals surface area (Å²) in [7, 11) is 1.62. The summed E-state index contributed by atoms with van der Waals surface area (Å²) in [6.07, 6.45) is 0.807. The van der Waals surface area contributed by atoms with Gasteiger partial charge in [-0.15, -0.1) is 0 Å². The Labute approximate surface area is 174 Å². The lowest BCUT2D eigenvalue weighted by Crippen LogP contribution is -2.37.